The molecule has 0 aliphatic heterocycles. The number of rotatable bonds is 5. The van der Waals surface area contributed by atoms with Crippen LogP contribution in [-0.2, 0) is 0 Å². The Morgan fingerprint density at radius 1 is 1.21 bits per heavy atom. The second-order valence-corrected chi connectivity index (χ2v) is 2.99. The monoisotopic (exact) mass is 200 g/mol. The zero-order chi connectivity index (χ0) is 10.4. The van der Waals surface area contributed by atoms with Gasteiger partial charge in [-0.2, -0.15) is 0 Å². The van der Waals surface area contributed by atoms with Crippen LogP contribution in [0, 0.1) is 0 Å². The summed E-state index contributed by atoms with van der Waals surface area (Å²) in [6, 6.07) is 6.15. The first-order valence-electron chi connectivity index (χ1n) is 4.56. The largest absolute Gasteiger partial charge is 0.385 e. The Hall–Kier alpha value is -1.16. The number of hydrogen-bond donors (Lipinski definition) is 2. The van der Waals surface area contributed by atoms with Gasteiger partial charge in [-0.25, -0.2) is 8.78 Å². The van der Waals surface area contributed by atoms with E-state index in [0.29, 0.717) is 6.54 Å². The van der Waals surface area contributed by atoms with Crippen molar-refractivity contribution < 1.29 is 8.78 Å². The zero-order valence-electron chi connectivity index (χ0n) is 7.84. The van der Waals surface area contributed by atoms with Crippen LogP contribution >= 0.6 is 0 Å². The lowest BCUT2D eigenvalue weighted by molar-refractivity contribution is 0.151. The lowest BCUT2D eigenvalue weighted by atomic mass is 10.2. The number of alkyl halides is 2. The molecule has 1 aromatic rings. The van der Waals surface area contributed by atoms with Crippen LogP contribution in [0.2, 0.25) is 0 Å². The van der Waals surface area contributed by atoms with Crippen molar-refractivity contribution in [3.05, 3.63) is 29.8 Å². The Morgan fingerprint density at radius 3 is 2.36 bits per heavy atom. The Bertz CT molecular complexity index is 259. The van der Waals surface area contributed by atoms with Gasteiger partial charge in [0.05, 0.1) is 0 Å². The van der Waals surface area contributed by atoms with Crippen LogP contribution in [0.3, 0.4) is 0 Å². The summed E-state index contributed by atoms with van der Waals surface area (Å²) >= 11 is 0. The van der Waals surface area contributed by atoms with E-state index in [9.17, 15) is 8.78 Å². The van der Waals surface area contributed by atoms with Crippen molar-refractivity contribution in [1.82, 2.24) is 0 Å². The summed E-state index contributed by atoms with van der Waals surface area (Å²) in [6.45, 7) is 1.40. The molecule has 0 amide bonds. The van der Waals surface area contributed by atoms with Gasteiger partial charge in [-0.05, 0) is 25.1 Å². The van der Waals surface area contributed by atoms with Crippen LogP contribution in [0.15, 0.2) is 24.3 Å². The van der Waals surface area contributed by atoms with E-state index < -0.39 is 6.43 Å². The van der Waals surface area contributed by atoms with Crippen molar-refractivity contribution in [2.45, 2.75) is 12.8 Å². The first-order chi connectivity index (χ1) is 6.74. The summed E-state index contributed by atoms with van der Waals surface area (Å²) in [4.78, 5) is 0. The fourth-order valence-corrected chi connectivity index (χ4v) is 1.08. The van der Waals surface area contributed by atoms with Crippen molar-refractivity contribution in [3.63, 3.8) is 0 Å². The molecular formula is C10H14F2N2. The number of halogens is 2. The van der Waals surface area contributed by atoms with Gasteiger partial charge in [0.2, 0.25) is 0 Å². The van der Waals surface area contributed by atoms with E-state index >= 15 is 0 Å². The van der Waals surface area contributed by atoms with Gasteiger partial charge >= 0.3 is 0 Å². The van der Waals surface area contributed by atoms with Gasteiger partial charge in [0.1, 0.15) is 0 Å². The van der Waals surface area contributed by atoms with Crippen molar-refractivity contribution >= 4 is 5.69 Å². The quantitative estimate of drug-likeness (QED) is 0.716. The van der Waals surface area contributed by atoms with Gasteiger partial charge in [0, 0.05) is 17.8 Å². The number of nitrogens with one attached hydrogen (secondary N) is 1. The molecule has 0 aliphatic carbocycles. The summed E-state index contributed by atoms with van der Waals surface area (Å²) < 4.78 is 24.3. The molecule has 0 radical (unpaired) electrons. The molecule has 1 rings (SSSR count). The smallest absolute Gasteiger partial charge is 0.263 e. The highest BCUT2D eigenvalue weighted by molar-refractivity contribution is 5.44. The predicted octanol–water partition coefficient (Wildman–Crippen LogP) is 2.38. The lowest BCUT2D eigenvalue weighted by Crippen LogP contribution is -2.08. The molecule has 0 aromatic heterocycles. The van der Waals surface area contributed by atoms with E-state index in [1.54, 1.807) is 12.1 Å². The van der Waals surface area contributed by atoms with E-state index in [-0.39, 0.29) is 5.56 Å². The summed E-state index contributed by atoms with van der Waals surface area (Å²) in [6.07, 6.45) is -1.52. The fourth-order valence-electron chi connectivity index (χ4n) is 1.08. The molecule has 14 heavy (non-hydrogen) atoms. The van der Waals surface area contributed by atoms with Gasteiger partial charge < -0.3 is 11.1 Å². The summed E-state index contributed by atoms with van der Waals surface area (Å²) in [5.41, 5.74) is 6.22. The summed E-state index contributed by atoms with van der Waals surface area (Å²) in [5.74, 6) is 0. The van der Waals surface area contributed by atoms with Crippen LogP contribution in [0.4, 0.5) is 14.5 Å². The third kappa shape index (κ3) is 3.30. The van der Waals surface area contributed by atoms with Gasteiger partial charge in [0.15, 0.2) is 0 Å². The molecule has 1 aromatic carbocycles. The first-order valence-corrected chi connectivity index (χ1v) is 4.56. The zero-order valence-corrected chi connectivity index (χ0v) is 7.84. The molecule has 0 fully saturated rings. The molecular weight excluding hydrogens is 186 g/mol. The maximum absolute atomic E-state index is 12.2. The van der Waals surface area contributed by atoms with E-state index in [0.717, 1.165) is 18.7 Å². The third-order valence-corrected chi connectivity index (χ3v) is 1.87. The lowest BCUT2D eigenvalue weighted by Gasteiger charge is -2.06. The average molecular weight is 200 g/mol. The molecule has 0 heterocycles. The Kier molecular flexibility index (Phi) is 4.32. The van der Waals surface area contributed by atoms with Crippen molar-refractivity contribution in [3.8, 4) is 0 Å². The molecule has 0 atom stereocenters. The summed E-state index contributed by atoms with van der Waals surface area (Å²) in [7, 11) is 0. The number of anilines is 1. The Labute approximate surface area is 82.1 Å². The minimum absolute atomic E-state index is 0.0503. The SMILES string of the molecule is NCCCNc1ccc(C(F)F)cc1. The second-order valence-electron chi connectivity index (χ2n) is 2.99. The topological polar surface area (TPSA) is 38.0 Å². The number of nitrogens with two attached hydrogens (primary N) is 1. The molecule has 4 heteroatoms. The van der Waals surface area contributed by atoms with E-state index in [1.807, 2.05) is 0 Å². The molecule has 0 unspecified atom stereocenters. The molecule has 0 bridgehead atoms. The Balaban J connectivity index is 2.47. The Morgan fingerprint density at radius 2 is 1.86 bits per heavy atom. The summed E-state index contributed by atoms with van der Waals surface area (Å²) in [5, 5.41) is 3.09. The van der Waals surface area contributed by atoms with Crippen molar-refractivity contribution in [1.29, 1.82) is 0 Å². The minimum Gasteiger partial charge on any atom is -0.385 e. The van der Waals surface area contributed by atoms with Crippen molar-refractivity contribution in [2.75, 3.05) is 18.4 Å². The highest BCUT2D eigenvalue weighted by Crippen LogP contribution is 2.20. The van der Waals surface area contributed by atoms with Crippen LogP contribution in [0.25, 0.3) is 0 Å². The molecule has 2 nitrogen and oxygen atoms in total. The van der Waals surface area contributed by atoms with Gasteiger partial charge in [-0.15, -0.1) is 0 Å². The van der Waals surface area contributed by atoms with Crippen molar-refractivity contribution in [2.24, 2.45) is 5.73 Å². The third-order valence-electron chi connectivity index (χ3n) is 1.87. The van der Waals surface area contributed by atoms with E-state index in [4.69, 9.17) is 5.73 Å². The van der Waals surface area contributed by atoms with Crippen LogP contribution < -0.4 is 11.1 Å². The van der Waals surface area contributed by atoms with Gasteiger partial charge in [-0.1, -0.05) is 12.1 Å². The van der Waals surface area contributed by atoms with Crippen LogP contribution in [-0.4, -0.2) is 13.1 Å². The molecule has 3 N–H and O–H groups in total. The number of hydrogen-bond acceptors (Lipinski definition) is 2. The highest BCUT2D eigenvalue weighted by atomic mass is 19.3. The molecule has 78 valence electrons. The standard InChI is InChI=1S/C10H14F2N2/c11-10(12)8-2-4-9(5-3-8)14-7-1-6-13/h2-5,10,14H,1,6-7,13H2. The molecule has 0 saturated carbocycles. The second kappa shape index (κ2) is 5.54. The number of benzene rings is 1. The normalized spacial score (nSPS) is 10.6. The van der Waals surface area contributed by atoms with Gasteiger partial charge in [-0.3, -0.25) is 0 Å². The fraction of sp³-hybridized carbons (Fsp3) is 0.400. The minimum atomic E-state index is -2.40. The molecule has 0 aliphatic rings. The van der Waals surface area contributed by atoms with E-state index in [1.165, 1.54) is 12.1 Å². The van der Waals surface area contributed by atoms with E-state index in [2.05, 4.69) is 5.32 Å². The predicted molar refractivity (Wildman–Crippen MR) is 53.6 cm³/mol. The average Bonchev–Trinajstić information content (AvgIpc) is 2.19. The van der Waals surface area contributed by atoms with Crippen LogP contribution in [0.5, 0.6) is 0 Å². The molecule has 0 saturated heterocycles. The maximum Gasteiger partial charge on any atom is 0.263 e. The highest BCUT2D eigenvalue weighted by Gasteiger charge is 2.05. The molecule has 0 spiro atoms. The maximum atomic E-state index is 12.2. The van der Waals surface area contributed by atoms with Gasteiger partial charge in [0.25, 0.3) is 6.43 Å². The first kappa shape index (κ1) is 10.9. The van der Waals surface area contributed by atoms with Crippen LogP contribution in [0.1, 0.15) is 18.4 Å².